The van der Waals surface area contributed by atoms with Crippen molar-refractivity contribution in [2.75, 3.05) is 52.9 Å². The first-order chi connectivity index (χ1) is 8.78. The van der Waals surface area contributed by atoms with Crippen LogP contribution in [0.4, 0.5) is 0 Å². The Morgan fingerprint density at radius 1 is 1.00 bits per heavy atom. The number of nitrogens with one attached hydrogen (secondary N) is 1. The highest BCUT2D eigenvalue weighted by molar-refractivity contribution is 4.83. The number of nitrogens with zero attached hydrogens (tertiary/aromatic N) is 2. The van der Waals surface area contributed by atoms with E-state index in [0.29, 0.717) is 5.41 Å². The second kappa shape index (κ2) is 7.02. The molecule has 1 heterocycles. The second-order valence-electron chi connectivity index (χ2n) is 7.06. The molecule has 2 N–H and O–H groups in total. The van der Waals surface area contributed by atoms with E-state index < -0.39 is 5.60 Å². The summed E-state index contributed by atoms with van der Waals surface area (Å²) in [5, 5.41) is 13.2. The fourth-order valence-electron chi connectivity index (χ4n) is 2.91. The molecule has 0 amide bonds. The van der Waals surface area contributed by atoms with Crippen LogP contribution in [0.5, 0.6) is 0 Å². The topological polar surface area (TPSA) is 38.7 Å². The first-order valence-electron chi connectivity index (χ1n) is 7.60. The van der Waals surface area contributed by atoms with Crippen LogP contribution in [-0.2, 0) is 0 Å². The molecule has 4 heteroatoms. The van der Waals surface area contributed by atoms with E-state index in [0.717, 1.165) is 39.3 Å². The quantitative estimate of drug-likeness (QED) is 0.725. The van der Waals surface area contributed by atoms with Crippen molar-refractivity contribution in [3.8, 4) is 0 Å². The Hall–Kier alpha value is -0.160. The summed E-state index contributed by atoms with van der Waals surface area (Å²) in [5.41, 5.74) is -0.209. The third kappa shape index (κ3) is 6.21. The zero-order valence-corrected chi connectivity index (χ0v) is 13.5. The van der Waals surface area contributed by atoms with Gasteiger partial charge in [0, 0.05) is 45.8 Å². The van der Waals surface area contributed by atoms with Gasteiger partial charge in [-0.05, 0) is 32.7 Å². The van der Waals surface area contributed by atoms with Crippen LogP contribution in [-0.4, -0.2) is 73.4 Å². The van der Waals surface area contributed by atoms with Gasteiger partial charge in [-0.2, -0.15) is 0 Å². The molecular formula is C15H33N3O. The van der Waals surface area contributed by atoms with Crippen molar-refractivity contribution in [3.63, 3.8) is 0 Å². The number of β-amino-alcohol motifs (C(OH)–C–C–N with tert-alkyl or cyclic N) is 1. The van der Waals surface area contributed by atoms with Crippen LogP contribution in [0, 0.1) is 5.41 Å². The van der Waals surface area contributed by atoms with Gasteiger partial charge in [0.05, 0.1) is 5.60 Å². The molecule has 1 rings (SSSR count). The highest BCUT2D eigenvalue weighted by Gasteiger charge is 2.28. The molecule has 114 valence electrons. The molecule has 0 bridgehead atoms. The molecule has 0 spiro atoms. The van der Waals surface area contributed by atoms with Crippen LogP contribution in [0.2, 0.25) is 0 Å². The van der Waals surface area contributed by atoms with E-state index in [9.17, 15) is 5.11 Å². The number of piperazine rings is 1. The van der Waals surface area contributed by atoms with Crippen molar-refractivity contribution in [2.45, 2.75) is 39.7 Å². The average molecular weight is 271 g/mol. The molecule has 1 saturated heterocycles. The summed E-state index contributed by atoms with van der Waals surface area (Å²) in [5.74, 6) is 0. The highest BCUT2D eigenvalue weighted by atomic mass is 16.3. The molecule has 4 nitrogen and oxygen atoms in total. The van der Waals surface area contributed by atoms with Crippen LogP contribution in [0.15, 0.2) is 0 Å². The molecular weight excluding hydrogens is 238 g/mol. The summed E-state index contributed by atoms with van der Waals surface area (Å²) in [6.45, 7) is 15.8. The van der Waals surface area contributed by atoms with E-state index in [1.54, 1.807) is 0 Å². The zero-order chi connectivity index (χ0) is 14.5. The van der Waals surface area contributed by atoms with Gasteiger partial charge in [-0.1, -0.05) is 13.8 Å². The van der Waals surface area contributed by atoms with Crippen molar-refractivity contribution in [1.82, 2.24) is 15.1 Å². The van der Waals surface area contributed by atoms with E-state index in [-0.39, 0.29) is 0 Å². The molecule has 1 atom stereocenters. The number of aliphatic hydroxyl groups is 1. The van der Waals surface area contributed by atoms with Crippen LogP contribution in [0.25, 0.3) is 0 Å². The Kier molecular flexibility index (Phi) is 6.24. The van der Waals surface area contributed by atoms with Gasteiger partial charge in [-0.3, -0.25) is 4.90 Å². The van der Waals surface area contributed by atoms with Crippen LogP contribution >= 0.6 is 0 Å². The molecule has 0 aromatic heterocycles. The molecule has 0 aromatic rings. The lowest BCUT2D eigenvalue weighted by Crippen LogP contribution is -2.53. The van der Waals surface area contributed by atoms with Crippen molar-refractivity contribution < 1.29 is 5.11 Å². The molecule has 1 aliphatic heterocycles. The largest absolute Gasteiger partial charge is 0.389 e. The molecule has 0 aliphatic carbocycles. The molecule has 1 aliphatic rings. The SMILES string of the molecule is CCC(C)(CNC)CN1CCN(CC(C)(C)O)CC1. The number of rotatable bonds is 7. The summed E-state index contributed by atoms with van der Waals surface area (Å²) in [7, 11) is 2.04. The van der Waals surface area contributed by atoms with E-state index in [4.69, 9.17) is 0 Å². The summed E-state index contributed by atoms with van der Waals surface area (Å²) in [6, 6.07) is 0. The Bertz CT molecular complexity index is 257. The maximum absolute atomic E-state index is 9.87. The molecule has 0 aromatic carbocycles. The van der Waals surface area contributed by atoms with Crippen LogP contribution < -0.4 is 5.32 Å². The lowest BCUT2D eigenvalue weighted by molar-refractivity contribution is 0.0115. The average Bonchev–Trinajstić information content (AvgIpc) is 2.30. The Labute approximate surface area is 119 Å². The van der Waals surface area contributed by atoms with E-state index in [1.807, 2.05) is 20.9 Å². The van der Waals surface area contributed by atoms with E-state index in [1.165, 1.54) is 13.0 Å². The second-order valence-corrected chi connectivity index (χ2v) is 7.06. The lowest BCUT2D eigenvalue weighted by atomic mass is 9.86. The summed E-state index contributed by atoms with van der Waals surface area (Å²) < 4.78 is 0. The maximum atomic E-state index is 9.87. The van der Waals surface area contributed by atoms with Crippen LogP contribution in [0.3, 0.4) is 0 Å². The van der Waals surface area contributed by atoms with Crippen molar-refractivity contribution in [2.24, 2.45) is 5.41 Å². The van der Waals surface area contributed by atoms with Gasteiger partial charge in [0.2, 0.25) is 0 Å². The van der Waals surface area contributed by atoms with E-state index in [2.05, 4.69) is 29.0 Å². The lowest BCUT2D eigenvalue weighted by Gasteiger charge is -2.41. The normalized spacial score (nSPS) is 22.4. The monoisotopic (exact) mass is 271 g/mol. The number of hydrogen-bond donors (Lipinski definition) is 2. The van der Waals surface area contributed by atoms with Gasteiger partial charge in [0.15, 0.2) is 0 Å². The number of hydrogen-bond acceptors (Lipinski definition) is 4. The maximum Gasteiger partial charge on any atom is 0.0718 e. The van der Waals surface area contributed by atoms with Gasteiger partial charge < -0.3 is 15.3 Å². The highest BCUT2D eigenvalue weighted by Crippen LogP contribution is 2.22. The smallest absolute Gasteiger partial charge is 0.0718 e. The van der Waals surface area contributed by atoms with Crippen molar-refractivity contribution in [3.05, 3.63) is 0 Å². The van der Waals surface area contributed by atoms with Gasteiger partial charge in [-0.25, -0.2) is 0 Å². The predicted octanol–water partition coefficient (Wildman–Crippen LogP) is 1.01. The van der Waals surface area contributed by atoms with Crippen molar-refractivity contribution >= 4 is 0 Å². The van der Waals surface area contributed by atoms with Crippen molar-refractivity contribution in [1.29, 1.82) is 0 Å². The first-order valence-corrected chi connectivity index (χ1v) is 7.60. The van der Waals surface area contributed by atoms with Gasteiger partial charge in [0.25, 0.3) is 0 Å². The third-order valence-electron chi connectivity index (χ3n) is 4.14. The third-order valence-corrected chi connectivity index (χ3v) is 4.14. The summed E-state index contributed by atoms with van der Waals surface area (Å²) >= 11 is 0. The fraction of sp³-hybridized carbons (Fsp3) is 1.00. The zero-order valence-electron chi connectivity index (χ0n) is 13.5. The fourth-order valence-corrected chi connectivity index (χ4v) is 2.91. The Balaban J connectivity index is 2.37. The summed E-state index contributed by atoms with van der Waals surface area (Å²) in [6.07, 6.45) is 1.21. The molecule has 1 fully saturated rings. The van der Waals surface area contributed by atoms with Crippen LogP contribution in [0.1, 0.15) is 34.1 Å². The Morgan fingerprint density at radius 3 is 1.84 bits per heavy atom. The molecule has 0 radical (unpaired) electrons. The Morgan fingerprint density at radius 2 is 1.47 bits per heavy atom. The predicted molar refractivity (Wildman–Crippen MR) is 81.5 cm³/mol. The molecule has 0 saturated carbocycles. The molecule has 19 heavy (non-hydrogen) atoms. The molecule has 1 unspecified atom stereocenters. The van der Waals surface area contributed by atoms with Gasteiger partial charge >= 0.3 is 0 Å². The van der Waals surface area contributed by atoms with Gasteiger partial charge in [0.1, 0.15) is 0 Å². The standard InChI is InChI=1S/C15H33N3O/c1-6-15(4,11-16-5)13-18-9-7-17(8-10-18)12-14(2,3)19/h16,19H,6-13H2,1-5H3. The first kappa shape index (κ1) is 16.9. The minimum Gasteiger partial charge on any atom is -0.389 e. The van der Waals surface area contributed by atoms with E-state index >= 15 is 0 Å². The van der Waals surface area contributed by atoms with Gasteiger partial charge in [-0.15, -0.1) is 0 Å². The minimum absolute atomic E-state index is 0.368. The minimum atomic E-state index is -0.577. The summed E-state index contributed by atoms with van der Waals surface area (Å²) in [4.78, 5) is 4.94.